The lowest BCUT2D eigenvalue weighted by atomic mass is 9.66. The number of nitrogens with one attached hydrogen (secondary N) is 2. The molecule has 3 fully saturated rings. The van der Waals surface area contributed by atoms with Gasteiger partial charge in [-0.2, -0.15) is 0 Å². The zero-order chi connectivity index (χ0) is 31.2. The van der Waals surface area contributed by atoms with Crippen molar-refractivity contribution in [1.82, 2.24) is 10.2 Å². The summed E-state index contributed by atoms with van der Waals surface area (Å²) in [6, 6.07) is 31.7. The summed E-state index contributed by atoms with van der Waals surface area (Å²) in [6.07, 6.45) is 1.77. The highest BCUT2D eigenvalue weighted by Gasteiger charge is 2.77. The number of carbonyl (C=O) groups is 3. The van der Waals surface area contributed by atoms with Crippen LogP contribution >= 0.6 is 11.8 Å². The van der Waals surface area contributed by atoms with E-state index in [9.17, 15) is 19.5 Å². The van der Waals surface area contributed by atoms with E-state index in [1.54, 1.807) is 16.7 Å². The maximum Gasteiger partial charge on any atom is 0.248 e. The lowest BCUT2D eigenvalue weighted by Gasteiger charge is -2.37. The molecule has 3 amide bonds. The number of amides is 3. The first-order valence-corrected chi connectivity index (χ1v) is 16.4. The fourth-order valence-corrected chi connectivity index (χ4v) is 10.3. The van der Waals surface area contributed by atoms with Crippen LogP contribution in [0.3, 0.4) is 0 Å². The smallest absolute Gasteiger partial charge is 0.248 e. The fourth-order valence-electron chi connectivity index (χ4n) is 7.97. The summed E-state index contributed by atoms with van der Waals surface area (Å²) in [4.78, 5) is 44.8. The highest BCUT2D eigenvalue weighted by atomic mass is 32.2. The number of nitrogens with zero attached hydrogens (tertiary/aromatic N) is 1. The first kappa shape index (κ1) is 29.6. The van der Waals surface area contributed by atoms with Gasteiger partial charge in [0.1, 0.15) is 6.04 Å². The van der Waals surface area contributed by atoms with Crippen LogP contribution in [0.15, 0.2) is 103 Å². The van der Waals surface area contributed by atoms with Gasteiger partial charge in [-0.25, -0.2) is 0 Å². The molecule has 1 spiro atoms. The highest BCUT2D eigenvalue weighted by Crippen LogP contribution is 2.71. The molecule has 4 aromatic rings. The molecule has 3 saturated heterocycles. The molecule has 0 radical (unpaired) electrons. The summed E-state index contributed by atoms with van der Waals surface area (Å²) in [7, 11) is 0. The number of benzene rings is 4. The number of fused-ring (bicyclic) bond motifs is 2. The van der Waals surface area contributed by atoms with E-state index in [1.165, 1.54) is 0 Å². The van der Waals surface area contributed by atoms with Crippen LogP contribution in [0.4, 0.5) is 5.69 Å². The maximum absolute atomic E-state index is 14.7. The number of hydrogen-bond acceptors (Lipinski definition) is 5. The largest absolute Gasteiger partial charge is 0.394 e. The van der Waals surface area contributed by atoms with Gasteiger partial charge >= 0.3 is 0 Å². The number of anilines is 1. The lowest BCUT2D eigenvalue weighted by Crippen LogP contribution is -2.55. The lowest BCUT2D eigenvalue weighted by molar-refractivity contribution is -0.142. The van der Waals surface area contributed by atoms with Crippen LogP contribution < -0.4 is 10.6 Å². The zero-order valence-electron chi connectivity index (χ0n) is 25.2. The SMILES string of the molecule is C[C@@]12CCC3(S1)C(C(=O)Nc1ccc4ccccc4c1)N([C@@H](CO)Cc1ccccc1)C(=O)[C@@H]3[C@@H]2C(=O)NCc1ccccc1. The van der Waals surface area contributed by atoms with Crippen molar-refractivity contribution in [2.24, 2.45) is 11.8 Å². The van der Waals surface area contributed by atoms with E-state index in [4.69, 9.17) is 0 Å². The second-order valence-corrected chi connectivity index (χ2v) is 14.7. The number of likely N-dealkylation sites (tertiary alicyclic amines) is 1. The molecule has 8 heteroatoms. The maximum atomic E-state index is 14.7. The Balaban J connectivity index is 1.25. The van der Waals surface area contributed by atoms with Gasteiger partial charge in [-0.3, -0.25) is 14.4 Å². The minimum Gasteiger partial charge on any atom is -0.394 e. The number of thioether (sulfide) groups is 1. The Bertz CT molecular complexity index is 1750. The van der Waals surface area contributed by atoms with Gasteiger partial charge in [0.25, 0.3) is 0 Å². The van der Waals surface area contributed by atoms with Crippen molar-refractivity contribution in [3.8, 4) is 0 Å². The molecule has 0 aromatic heterocycles. The molecule has 7 nitrogen and oxygen atoms in total. The van der Waals surface area contributed by atoms with Crippen molar-refractivity contribution in [3.63, 3.8) is 0 Å². The summed E-state index contributed by atoms with van der Waals surface area (Å²) < 4.78 is -1.27. The Morgan fingerprint density at radius 1 is 0.889 bits per heavy atom. The summed E-state index contributed by atoms with van der Waals surface area (Å²) in [5, 5.41) is 19.0. The first-order chi connectivity index (χ1) is 21.8. The van der Waals surface area contributed by atoms with E-state index in [-0.39, 0.29) is 24.3 Å². The van der Waals surface area contributed by atoms with E-state index >= 15 is 0 Å². The van der Waals surface area contributed by atoms with E-state index in [0.29, 0.717) is 25.1 Å². The van der Waals surface area contributed by atoms with Crippen LogP contribution in [-0.4, -0.2) is 55.9 Å². The van der Waals surface area contributed by atoms with E-state index in [0.717, 1.165) is 28.3 Å². The number of aliphatic hydroxyl groups is 1. The average molecular weight is 620 g/mol. The van der Waals surface area contributed by atoms with Gasteiger partial charge in [-0.15, -0.1) is 11.8 Å². The summed E-state index contributed by atoms with van der Waals surface area (Å²) in [5.41, 5.74) is 2.60. The molecule has 3 heterocycles. The van der Waals surface area contributed by atoms with E-state index < -0.39 is 33.4 Å². The minimum absolute atomic E-state index is 0.159. The highest BCUT2D eigenvalue weighted by molar-refractivity contribution is 8.02. The van der Waals surface area contributed by atoms with Crippen LogP contribution in [0.25, 0.3) is 10.8 Å². The average Bonchev–Trinajstić information content (AvgIpc) is 3.64. The Hall–Kier alpha value is -4.14. The van der Waals surface area contributed by atoms with Crippen molar-refractivity contribution in [2.45, 2.75) is 54.3 Å². The third-order valence-corrected chi connectivity index (χ3v) is 12.0. The van der Waals surface area contributed by atoms with Gasteiger partial charge in [-0.05, 0) is 60.2 Å². The molecule has 3 N–H and O–H groups in total. The molecule has 2 bridgehead atoms. The first-order valence-electron chi connectivity index (χ1n) is 15.6. The van der Waals surface area contributed by atoms with Crippen molar-refractivity contribution in [2.75, 3.05) is 11.9 Å². The number of aliphatic hydroxyl groups excluding tert-OH is 1. The molecule has 0 aliphatic carbocycles. The molecular weight excluding hydrogens is 582 g/mol. The van der Waals surface area contributed by atoms with Crippen molar-refractivity contribution in [3.05, 3.63) is 114 Å². The van der Waals surface area contributed by atoms with Gasteiger partial charge in [0.15, 0.2) is 0 Å². The second-order valence-electron chi connectivity index (χ2n) is 12.8. The van der Waals surface area contributed by atoms with Crippen LogP contribution in [0, 0.1) is 11.8 Å². The van der Waals surface area contributed by atoms with Crippen molar-refractivity contribution >= 4 is 45.9 Å². The molecule has 6 atom stereocenters. The number of rotatable bonds is 9. The Morgan fingerprint density at radius 3 is 2.27 bits per heavy atom. The minimum atomic E-state index is -0.846. The monoisotopic (exact) mass is 619 g/mol. The van der Waals surface area contributed by atoms with Gasteiger partial charge in [0, 0.05) is 17.0 Å². The van der Waals surface area contributed by atoms with Gasteiger partial charge in [0.05, 0.1) is 29.2 Å². The summed E-state index contributed by atoms with van der Waals surface area (Å²) in [5.74, 6) is -1.93. The summed E-state index contributed by atoms with van der Waals surface area (Å²) in [6.45, 7) is 2.14. The predicted molar refractivity (Wildman–Crippen MR) is 177 cm³/mol. The van der Waals surface area contributed by atoms with E-state index in [2.05, 4.69) is 17.6 Å². The number of carbonyl (C=O) groups excluding carboxylic acids is 3. The van der Waals surface area contributed by atoms with Crippen LogP contribution in [0.5, 0.6) is 0 Å². The Labute approximate surface area is 267 Å². The third-order valence-electron chi connectivity index (χ3n) is 9.99. The molecule has 4 aromatic carbocycles. The molecule has 3 aliphatic rings. The normalized spacial score (nSPS) is 27.4. The molecule has 0 saturated carbocycles. The van der Waals surface area contributed by atoms with Crippen LogP contribution in [-0.2, 0) is 27.3 Å². The fraction of sp³-hybridized carbons (Fsp3) is 0.324. The predicted octanol–water partition coefficient (Wildman–Crippen LogP) is 5.18. The quantitative estimate of drug-likeness (QED) is 0.240. The van der Waals surface area contributed by atoms with Crippen LogP contribution in [0.1, 0.15) is 30.9 Å². The molecule has 2 unspecified atom stereocenters. The Kier molecular flexibility index (Phi) is 7.66. The zero-order valence-corrected chi connectivity index (χ0v) is 26.0. The molecule has 45 heavy (non-hydrogen) atoms. The number of hydrogen-bond donors (Lipinski definition) is 3. The molecular formula is C37H37N3O4S. The molecule has 7 rings (SSSR count). The van der Waals surface area contributed by atoms with Crippen LogP contribution in [0.2, 0.25) is 0 Å². The topological polar surface area (TPSA) is 98.7 Å². The van der Waals surface area contributed by atoms with Gasteiger partial charge < -0.3 is 20.6 Å². The molecule has 230 valence electrons. The molecule has 3 aliphatic heterocycles. The van der Waals surface area contributed by atoms with Crippen molar-refractivity contribution < 1.29 is 19.5 Å². The Morgan fingerprint density at radius 2 is 1.56 bits per heavy atom. The second kappa shape index (κ2) is 11.7. The van der Waals surface area contributed by atoms with Gasteiger partial charge in [0.2, 0.25) is 17.7 Å². The summed E-state index contributed by atoms with van der Waals surface area (Å²) >= 11 is 1.64. The third kappa shape index (κ3) is 5.10. The van der Waals surface area contributed by atoms with Gasteiger partial charge in [-0.1, -0.05) is 91.0 Å². The van der Waals surface area contributed by atoms with Crippen molar-refractivity contribution in [1.29, 1.82) is 0 Å². The van der Waals surface area contributed by atoms with E-state index in [1.807, 2.05) is 103 Å². The standard InChI is InChI=1S/C37H37N3O4S/c1-36-18-19-37(45-36)31(30(36)33(42)38-22-25-12-6-3-7-13-25)35(44)40(29(23-41)20-24-10-4-2-5-11-24)32(37)34(43)39-28-17-16-26-14-8-9-15-27(26)21-28/h2-17,21,29-32,41H,18-20,22-23H2,1H3,(H,38,42)(H,39,43)/t29-,30-,31+,32?,36+,37?/m1/s1.